The standard InChI is InChI=1S/C23H20O3/c1-15(10-11-24)12-21-20-4-2-3-5-22(20)26-23(21)18-7-6-17-14-19(25)9-8-16(17)13-18/h2-9,11,13-15,25H,10,12H2,1H3. The second-order valence-electron chi connectivity index (χ2n) is 6.86. The summed E-state index contributed by atoms with van der Waals surface area (Å²) in [6.07, 6.45) is 2.31. The van der Waals surface area contributed by atoms with E-state index in [1.807, 2.05) is 36.4 Å². The fourth-order valence-corrected chi connectivity index (χ4v) is 3.51. The number of aromatic hydroxyl groups is 1. The van der Waals surface area contributed by atoms with Crippen LogP contribution in [0.15, 0.2) is 65.1 Å². The van der Waals surface area contributed by atoms with Crippen LogP contribution in [0.2, 0.25) is 0 Å². The Hall–Kier alpha value is -3.07. The molecule has 0 aliphatic rings. The van der Waals surface area contributed by atoms with Crippen molar-refractivity contribution in [3.63, 3.8) is 0 Å². The number of hydrogen-bond donors (Lipinski definition) is 1. The molecule has 0 spiro atoms. The van der Waals surface area contributed by atoms with E-state index in [9.17, 15) is 9.90 Å². The van der Waals surface area contributed by atoms with Gasteiger partial charge in [-0.25, -0.2) is 0 Å². The molecule has 1 unspecified atom stereocenters. The molecule has 4 aromatic rings. The van der Waals surface area contributed by atoms with Crippen LogP contribution in [0, 0.1) is 5.92 Å². The third-order valence-corrected chi connectivity index (χ3v) is 4.84. The van der Waals surface area contributed by atoms with Gasteiger partial charge in [0.15, 0.2) is 0 Å². The Morgan fingerprint density at radius 3 is 2.65 bits per heavy atom. The molecule has 26 heavy (non-hydrogen) atoms. The summed E-state index contributed by atoms with van der Waals surface area (Å²) in [5.74, 6) is 1.38. The Morgan fingerprint density at radius 1 is 1.04 bits per heavy atom. The number of aldehydes is 1. The maximum atomic E-state index is 10.9. The molecule has 1 N–H and O–H groups in total. The van der Waals surface area contributed by atoms with E-state index in [1.165, 1.54) is 0 Å². The Bertz CT molecular complexity index is 1090. The van der Waals surface area contributed by atoms with Crippen LogP contribution in [0.4, 0.5) is 0 Å². The molecule has 1 aromatic heterocycles. The number of furan rings is 1. The first kappa shape index (κ1) is 16.4. The molecule has 0 aliphatic heterocycles. The van der Waals surface area contributed by atoms with Crippen molar-refractivity contribution < 1.29 is 14.3 Å². The van der Waals surface area contributed by atoms with Crippen LogP contribution in [0.1, 0.15) is 18.9 Å². The third kappa shape index (κ3) is 2.97. The van der Waals surface area contributed by atoms with E-state index in [1.54, 1.807) is 12.1 Å². The zero-order valence-corrected chi connectivity index (χ0v) is 14.6. The topological polar surface area (TPSA) is 50.4 Å². The van der Waals surface area contributed by atoms with E-state index in [0.29, 0.717) is 6.42 Å². The lowest BCUT2D eigenvalue weighted by molar-refractivity contribution is -0.108. The Labute approximate surface area is 151 Å². The van der Waals surface area contributed by atoms with E-state index in [0.717, 1.165) is 51.3 Å². The third-order valence-electron chi connectivity index (χ3n) is 4.84. The first-order valence-corrected chi connectivity index (χ1v) is 8.83. The minimum atomic E-state index is 0.254. The van der Waals surface area contributed by atoms with Gasteiger partial charge < -0.3 is 14.3 Å². The Morgan fingerprint density at radius 2 is 1.81 bits per heavy atom. The van der Waals surface area contributed by atoms with Crippen molar-refractivity contribution in [1.29, 1.82) is 0 Å². The van der Waals surface area contributed by atoms with Gasteiger partial charge in [-0.2, -0.15) is 0 Å². The summed E-state index contributed by atoms with van der Waals surface area (Å²) in [5.41, 5.74) is 3.02. The van der Waals surface area contributed by atoms with E-state index >= 15 is 0 Å². The molecule has 0 aliphatic carbocycles. The molecule has 0 fully saturated rings. The van der Waals surface area contributed by atoms with Crippen molar-refractivity contribution in [3.05, 3.63) is 66.2 Å². The molecule has 0 bridgehead atoms. The summed E-state index contributed by atoms with van der Waals surface area (Å²) in [4.78, 5) is 10.9. The molecular weight excluding hydrogens is 324 g/mol. The van der Waals surface area contributed by atoms with Crippen molar-refractivity contribution in [3.8, 4) is 17.1 Å². The van der Waals surface area contributed by atoms with Gasteiger partial charge in [0.05, 0.1) is 0 Å². The van der Waals surface area contributed by atoms with Gasteiger partial charge in [0.2, 0.25) is 0 Å². The highest BCUT2D eigenvalue weighted by Crippen LogP contribution is 2.37. The number of phenols is 1. The zero-order chi connectivity index (χ0) is 18.1. The summed E-state index contributed by atoms with van der Waals surface area (Å²) in [7, 11) is 0. The number of para-hydroxylation sites is 1. The summed E-state index contributed by atoms with van der Waals surface area (Å²) < 4.78 is 6.20. The highest BCUT2D eigenvalue weighted by Gasteiger charge is 2.18. The van der Waals surface area contributed by atoms with Crippen LogP contribution < -0.4 is 0 Å². The number of carbonyl (C=O) groups excluding carboxylic acids is 1. The number of fused-ring (bicyclic) bond motifs is 2. The van der Waals surface area contributed by atoms with Gasteiger partial charge in [-0.3, -0.25) is 0 Å². The summed E-state index contributed by atoms with van der Waals surface area (Å²) in [5, 5.41) is 12.8. The average molecular weight is 344 g/mol. The van der Waals surface area contributed by atoms with Crippen molar-refractivity contribution in [2.24, 2.45) is 5.92 Å². The zero-order valence-electron chi connectivity index (χ0n) is 14.6. The average Bonchev–Trinajstić information content (AvgIpc) is 3.00. The summed E-state index contributed by atoms with van der Waals surface area (Å²) in [6, 6.07) is 19.5. The SMILES string of the molecule is CC(CC=O)Cc1c(-c2ccc3cc(O)ccc3c2)oc2ccccc12. The molecule has 1 heterocycles. The van der Waals surface area contributed by atoms with E-state index in [2.05, 4.69) is 19.1 Å². The highest BCUT2D eigenvalue weighted by molar-refractivity contribution is 5.92. The number of rotatable bonds is 5. The quantitative estimate of drug-likeness (QED) is 0.471. The molecule has 0 radical (unpaired) electrons. The molecular formula is C23H20O3. The lowest BCUT2D eigenvalue weighted by atomic mass is 9.94. The summed E-state index contributed by atoms with van der Waals surface area (Å²) in [6.45, 7) is 2.09. The number of carbonyl (C=O) groups is 1. The maximum Gasteiger partial charge on any atom is 0.138 e. The molecule has 4 rings (SSSR count). The molecule has 0 saturated heterocycles. The second kappa shape index (κ2) is 6.68. The minimum Gasteiger partial charge on any atom is -0.508 e. The van der Waals surface area contributed by atoms with Crippen molar-refractivity contribution in [1.82, 2.24) is 0 Å². The molecule has 0 saturated carbocycles. The monoisotopic (exact) mass is 344 g/mol. The van der Waals surface area contributed by atoms with Gasteiger partial charge >= 0.3 is 0 Å². The van der Waals surface area contributed by atoms with Crippen molar-refractivity contribution >= 4 is 28.0 Å². The predicted octanol–water partition coefficient (Wildman–Crippen LogP) is 5.73. The van der Waals surface area contributed by atoms with Crippen LogP contribution in [0.3, 0.4) is 0 Å². The van der Waals surface area contributed by atoms with Crippen molar-refractivity contribution in [2.75, 3.05) is 0 Å². The lowest BCUT2D eigenvalue weighted by Gasteiger charge is -2.09. The second-order valence-corrected chi connectivity index (χ2v) is 6.86. The lowest BCUT2D eigenvalue weighted by Crippen LogP contribution is -2.01. The Kier molecular flexibility index (Phi) is 4.21. The van der Waals surface area contributed by atoms with E-state index < -0.39 is 0 Å². The molecule has 1 atom stereocenters. The molecule has 3 heteroatoms. The van der Waals surface area contributed by atoms with Crippen LogP contribution in [0.5, 0.6) is 5.75 Å². The van der Waals surface area contributed by atoms with E-state index in [-0.39, 0.29) is 11.7 Å². The normalized spacial score (nSPS) is 12.5. The van der Waals surface area contributed by atoms with Gasteiger partial charge in [0.25, 0.3) is 0 Å². The Balaban J connectivity index is 1.87. The fraction of sp³-hybridized carbons (Fsp3) is 0.174. The van der Waals surface area contributed by atoms with Gasteiger partial charge in [0, 0.05) is 22.9 Å². The van der Waals surface area contributed by atoms with Crippen molar-refractivity contribution in [2.45, 2.75) is 19.8 Å². The summed E-state index contributed by atoms with van der Waals surface area (Å²) >= 11 is 0. The van der Waals surface area contributed by atoms with Crippen LogP contribution in [-0.2, 0) is 11.2 Å². The van der Waals surface area contributed by atoms with Crippen LogP contribution in [-0.4, -0.2) is 11.4 Å². The van der Waals surface area contributed by atoms with E-state index in [4.69, 9.17) is 4.42 Å². The van der Waals surface area contributed by atoms with Gasteiger partial charge in [-0.05, 0) is 47.4 Å². The largest absolute Gasteiger partial charge is 0.508 e. The predicted molar refractivity (Wildman–Crippen MR) is 104 cm³/mol. The molecule has 130 valence electrons. The fourth-order valence-electron chi connectivity index (χ4n) is 3.51. The maximum absolute atomic E-state index is 10.9. The van der Waals surface area contributed by atoms with Gasteiger partial charge in [-0.15, -0.1) is 0 Å². The number of benzene rings is 3. The van der Waals surface area contributed by atoms with Gasteiger partial charge in [0.1, 0.15) is 23.4 Å². The first-order chi connectivity index (χ1) is 12.7. The van der Waals surface area contributed by atoms with Gasteiger partial charge in [-0.1, -0.05) is 43.3 Å². The smallest absolute Gasteiger partial charge is 0.138 e. The van der Waals surface area contributed by atoms with Crippen LogP contribution in [0.25, 0.3) is 33.1 Å². The highest BCUT2D eigenvalue weighted by atomic mass is 16.3. The minimum absolute atomic E-state index is 0.254. The molecule has 3 aromatic carbocycles. The molecule has 0 amide bonds. The number of phenolic OH excluding ortho intramolecular Hbond substituents is 1. The van der Waals surface area contributed by atoms with Crippen LogP contribution >= 0.6 is 0 Å². The molecule has 3 nitrogen and oxygen atoms in total. The first-order valence-electron chi connectivity index (χ1n) is 8.83. The number of hydrogen-bond acceptors (Lipinski definition) is 3.